The molecule has 1 aromatic rings. The molecule has 0 bridgehead atoms. The molecule has 0 atom stereocenters. The Kier molecular flexibility index (Phi) is 5.49. The minimum atomic E-state index is -3.87. The molecular formula is C17H22N2O6S. The molecule has 0 unspecified atom stereocenters. The number of benzene rings is 1. The summed E-state index contributed by atoms with van der Waals surface area (Å²) in [6.45, 7) is 3.05. The fourth-order valence-corrected chi connectivity index (χ4v) is 4.77. The van der Waals surface area contributed by atoms with E-state index in [0.717, 1.165) is 4.31 Å². The Balaban J connectivity index is 2.18. The Morgan fingerprint density at radius 3 is 2.62 bits per heavy atom. The van der Waals surface area contributed by atoms with Crippen LogP contribution in [-0.2, 0) is 24.3 Å². The number of nitrogens with zero attached hydrogens (tertiary/aromatic N) is 2. The molecule has 1 N–H and O–H groups in total. The number of ether oxygens (including phenoxy) is 2. The standard InChI is InChI=1S/C17H22N2O6S/c1-2-19-15(17(21)18-7-10-24-11-8-18)16(25-12-9-20)13-5-3-4-6-14(13)26(19,22)23/h3-6,20H,2,7-12H2,1H3. The third-order valence-electron chi connectivity index (χ3n) is 4.29. The molecule has 0 saturated carbocycles. The number of carbonyl (C=O) groups excluding carboxylic acids is 1. The van der Waals surface area contributed by atoms with E-state index in [0.29, 0.717) is 31.9 Å². The molecule has 2 aliphatic heterocycles. The number of aliphatic hydroxyl groups is 1. The van der Waals surface area contributed by atoms with E-state index in [2.05, 4.69) is 0 Å². The minimum absolute atomic E-state index is 0.0125. The van der Waals surface area contributed by atoms with Gasteiger partial charge in [0.05, 0.1) is 24.7 Å². The molecule has 1 fully saturated rings. The molecule has 2 aliphatic rings. The van der Waals surface area contributed by atoms with Crippen LogP contribution in [0.3, 0.4) is 0 Å². The Labute approximate surface area is 152 Å². The van der Waals surface area contributed by atoms with E-state index in [1.54, 1.807) is 30.0 Å². The molecule has 142 valence electrons. The lowest BCUT2D eigenvalue weighted by Crippen LogP contribution is -2.47. The van der Waals surface area contributed by atoms with Crippen LogP contribution in [0, 0.1) is 0 Å². The molecule has 0 radical (unpaired) electrons. The van der Waals surface area contributed by atoms with Crippen LogP contribution < -0.4 is 0 Å². The number of amides is 1. The lowest BCUT2D eigenvalue weighted by atomic mass is 10.1. The van der Waals surface area contributed by atoms with Crippen molar-refractivity contribution in [1.82, 2.24) is 9.21 Å². The molecule has 0 spiro atoms. The maximum absolute atomic E-state index is 13.2. The molecule has 2 heterocycles. The third-order valence-corrected chi connectivity index (χ3v) is 6.22. The molecule has 26 heavy (non-hydrogen) atoms. The van der Waals surface area contributed by atoms with Gasteiger partial charge in [-0.25, -0.2) is 8.42 Å². The van der Waals surface area contributed by atoms with Gasteiger partial charge in [0.1, 0.15) is 6.61 Å². The third kappa shape index (κ3) is 3.17. The average Bonchev–Trinajstić information content (AvgIpc) is 2.67. The van der Waals surface area contributed by atoms with E-state index in [9.17, 15) is 13.2 Å². The zero-order chi connectivity index (χ0) is 18.7. The second-order valence-corrected chi connectivity index (χ2v) is 7.65. The van der Waals surface area contributed by atoms with Gasteiger partial charge in [-0.2, -0.15) is 0 Å². The van der Waals surface area contributed by atoms with Gasteiger partial charge in [-0.3, -0.25) is 9.10 Å². The largest absolute Gasteiger partial charge is 0.488 e. The fourth-order valence-electron chi connectivity index (χ4n) is 3.10. The Morgan fingerprint density at radius 1 is 1.27 bits per heavy atom. The summed E-state index contributed by atoms with van der Waals surface area (Å²) in [5.41, 5.74) is 0.323. The molecule has 8 nitrogen and oxygen atoms in total. The van der Waals surface area contributed by atoms with E-state index in [1.807, 2.05) is 0 Å². The number of likely N-dealkylation sites (N-methyl/N-ethyl adjacent to an activating group) is 1. The molecule has 9 heteroatoms. The summed E-state index contributed by atoms with van der Waals surface area (Å²) in [6.07, 6.45) is 0. The van der Waals surface area contributed by atoms with E-state index < -0.39 is 15.9 Å². The van der Waals surface area contributed by atoms with E-state index in [-0.39, 0.29) is 36.1 Å². The highest BCUT2D eigenvalue weighted by Gasteiger charge is 2.41. The molecule has 1 aromatic carbocycles. The average molecular weight is 382 g/mol. The minimum Gasteiger partial charge on any atom is -0.488 e. The molecule has 3 rings (SSSR count). The molecular weight excluding hydrogens is 360 g/mol. The summed E-state index contributed by atoms with van der Waals surface area (Å²) in [5, 5.41) is 9.15. The van der Waals surface area contributed by atoms with E-state index in [4.69, 9.17) is 14.6 Å². The van der Waals surface area contributed by atoms with E-state index in [1.165, 1.54) is 6.07 Å². The maximum Gasteiger partial charge on any atom is 0.275 e. The number of hydrogen-bond donors (Lipinski definition) is 1. The number of fused-ring (bicyclic) bond motifs is 1. The predicted octanol–water partition coefficient (Wildman–Crippen LogP) is 0.247. The SMILES string of the molecule is CCN1C(C(=O)N2CCOCC2)=C(OCCO)c2ccccc2S1(=O)=O. The normalized spacial score (nSPS) is 19.3. The Morgan fingerprint density at radius 2 is 1.96 bits per heavy atom. The number of sulfonamides is 1. The van der Waals surface area contributed by atoms with Gasteiger partial charge in [0.2, 0.25) is 0 Å². The first-order chi connectivity index (χ1) is 12.5. The molecule has 0 aromatic heterocycles. The van der Waals surface area contributed by atoms with Crippen molar-refractivity contribution in [3.8, 4) is 0 Å². The second-order valence-electron chi connectivity index (χ2n) is 5.82. The van der Waals surface area contributed by atoms with Crippen LogP contribution in [0.4, 0.5) is 0 Å². The molecule has 0 aliphatic carbocycles. The van der Waals surface area contributed by atoms with Crippen LogP contribution in [0.1, 0.15) is 12.5 Å². The smallest absolute Gasteiger partial charge is 0.275 e. The summed E-state index contributed by atoms with van der Waals surface area (Å²) >= 11 is 0. The monoisotopic (exact) mass is 382 g/mol. The van der Waals surface area contributed by atoms with Crippen LogP contribution in [0.5, 0.6) is 0 Å². The first-order valence-electron chi connectivity index (χ1n) is 8.49. The summed E-state index contributed by atoms with van der Waals surface area (Å²) < 4.78 is 38.1. The highest BCUT2D eigenvalue weighted by atomic mass is 32.2. The van der Waals surface area contributed by atoms with Crippen molar-refractivity contribution in [2.24, 2.45) is 0 Å². The van der Waals surface area contributed by atoms with Crippen LogP contribution in [0.2, 0.25) is 0 Å². The van der Waals surface area contributed by atoms with Gasteiger partial charge in [0.25, 0.3) is 15.9 Å². The first-order valence-corrected chi connectivity index (χ1v) is 9.93. The van der Waals surface area contributed by atoms with Crippen LogP contribution in [-0.4, -0.2) is 74.7 Å². The first kappa shape index (κ1) is 18.7. The fraction of sp³-hybridized carbons (Fsp3) is 0.471. The van der Waals surface area contributed by atoms with Gasteiger partial charge in [-0.15, -0.1) is 0 Å². The molecule has 1 amide bonds. The number of carbonyl (C=O) groups is 1. The van der Waals surface area contributed by atoms with Crippen molar-refractivity contribution < 1.29 is 27.8 Å². The zero-order valence-corrected chi connectivity index (χ0v) is 15.4. The lowest BCUT2D eigenvalue weighted by Gasteiger charge is -2.35. The van der Waals surface area contributed by atoms with Crippen LogP contribution >= 0.6 is 0 Å². The highest BCUT2D eigenvalue weighted by Crippen LogP contribution is 2.38. The van der Waals surface area contributed by atoms with Gasteiger partial charge in [-0.05, 0) is 19.1 Å². The van der Waals surface area contributed by atoms with Crippen LogP contribution in [0.25, 0.3) is 5.76 Å². The second kappa shape index (κ2) is 7.65. The van der Waals surface area contributed by atoms with Gasteiger partial charge in [-0.1, -0.05) is 12.1 Å². The predicted molar refractivity (Wildman–Crippen MR) is 93.4 cm³/mol. The van der Waals surface area contributed by atoms with Gasteiger partial charge in [0, 0.05) is 25.2 Å². The number of rotatable bonds is 5. The zero-order valence-electron chi connectivity index (χ0n) is 14.6. The number of aliphatic hydroxyl groups excluding tert-OH is 1. The Bertz CT molecular complexity index is 814. The molecule has 1 saturated heterocycles. The number of hydrogen-bond acceptors (Lipinski definition) is 6. The van der Waals surface area contributed by atoms with Crippen molar-refractivity contribution in [1.29, 1.82) is 0 Å². The van der Waals surface area contributed by atoms with Crippen molar-refractivity contribution in [3.63, 3.8) is 0 Å². The van der Waals surface area contributed by atoms with Gasteiger partial charge < -0.3 is 19.5 Å². The van der Waals surface area contributed by atoms with Crippen molar-refractivity contribution >= 4 is 21.7 Å². The van der Waals surface area contributed by atoms with E-state index >= 15 is 0 Å². The lowest BCUT2D eigenvalue weighted by molar-refractivity contribution is -0.132. The summed E-state index contributed by atoms with van der Waals surface area (Å²) in [5.74, 6) is -0.232. The quantitative estimate of drug-likeness (QED) is 0.784. The maximum atomic E-state index is 13.2. The summed E-state index contributed by atoms with van der Waals surface area (Å²) in [4.78, 5) is 14.8. The number of morpholine rings is 1. The summed E-state index contributed by atoms with van der Waals surface area (Å²) in [7, 11) is -3.87. The van der Waals surface area contributed by atoms with Crippen molar-refractivity contribution in [2.75, 3.05) is 46.1 Å². The topological polar surface area (TPSA) is 96.4 Å². The Hall–Kier alpha value is -2.10. The van der Waals surface area contributed by atoms with Crippen molar-refractivity contribution in [3.05, 3.63) is 35.5 Å². The van der Waals surface area contributed by atoms with Gasteiger partial charge in [0.15, 0.2) is 11.5 Å². The highest BCUT2D eigenvalue weighted by molar-refractivity contribution is 7.89. The summed E-state index contributed by atoms with van der Waals surface area (Å²) in [6, 6.07) is 6.42. The van der Waals surface area contributed by atoms with Crippen molar-refractivity contribution in [2.45, 2.75) is 11.8 Å². The van der Waals surface area contributed by atoms with Crippen LogP contribution in [0.15, 0.2) is 34.9 Å². The van der Waals surface area contributed by atoms with Gasteiger partial charge >= 0.3 is 0 Å².